The molecule has 4 heterocycles. The molecule has 2 aromatic carbocycles. The molecule has 6 rings (SSSR count). The molecular formula is C30H32N6O4. The Morgan fingerprint density at radius 3 is 2.75 bits per heavy atom. The van der Waals surface area contributed by atoms with Gasteiger partial charge in [0, 0.05) is 61.7 Å². The van der Waals surface area contributed by atoms with Gasteiger partial charge in [-0.3, -0.25) is 4.79 Å². The topological polar surface area (TPSA) is 118 Å². The standard InChI is InChI=1S/C30H32N6O4/c1-19-13-20(14-23-17-36(18-39-2)34-27(19)23)15-26(28-31-9-10-32-28)40-30(38)35-11-7-21(8-12-35)24-16-22-5-3-4-6-25(22)33-29(24)37/h3-6,9-10,13-14,16-17,21,26H,7-8,11-12,15,18H2,1-2H3,(H,31,32)(H,33,37). The number of piperidine rings is 1. The van der Waals surface area contributed by atoms with Gasteiger partial charge in [0.15, 0.2) is 6.10 Å². The average molecular weight is 541 g/mol. The van der Waals surface area contributed by atoms with E-state index in [0.29, 0.717) is 44.9 Å². The highest BCUT2D eigenvalue weighted by Crippen LogP contribution is 2.30. The third-order valence-electron chi connectivity index (χ3n) is 7.63. The van der Waals surface area contributed by atoms with Crippen molar-refractivity contribution in [1.29, 1.82) is 0 Å². The smallest absolute Gasteiger partial charge is 0.410 e. The second-order valence-electron chi connectivity index (χ2n) is 10.4. The zero-order chi connectivity index (χ0) is 27.6. The van der Waals surface area contributed by atoms with Crippen molar-refractivity contribution < 1.29 is 14.3 Å². The lowest BCUT2D eigenvalue weighted by molar-refractivity contribution is 0.0523. The number of methoxy groups -OCH3 is 1. The monoisotopic (exact) mass is 540 g/mol. The molecule has 1 amide bonds. The van der Waals surface area contributed by atoms with E-state index < -0.39 is 6.10 Å². The van der Waals surface area contributed by atoms with Gasteiger partial charge in [-0.25, -0.2) is 14.5 Å². The van der Waals surface area contributed by atoms with E-state index in [1.54, 1.807) is 29.1 Å². The Morgan fingerprint density at radius 2 is 1.98 bits per heavy atom. The first-order chi connectivity index (χ1) is 19.5. The van der Waals surface area contributed by atoms with Gasteiger partial charge in [-0.1, -0.05) is 24.3 Å². The highest BCUT2D eigenvalue weighted by Gasteiger charge is 2.29. The summed E-state index contributed by atoms with van der Waals surface area (Å²) in [6, 6.07) is 13.9. The summed E-state index contributed by atoms with van der Waals surface area (Å²) in [7, 11) is 1.64. The number of amides is 1. The van der Waals surface area contributed by atoms with Crippen LogP contribution in [0.5, 0.6) is 0 Å². The Bertz CT molecular complexity index is 1700. The second kappa shape index (κ2) is 11.0. The minimum absolute atomic E-state index is 0.0577. The molecule has 0 aliphatic carbocycles. The molecule has 0 radical (unpaired) electrons. The van der Waals surface area contributed by atoms with E-state index in [9.17, 15) is 9.59 Å². The van der Waals surface area contributed by atoms with Crippen LogP contribution in [0.2, 0.25) is 0 Å². The summed E-state index contributed by atoms with van der Waals surface area (Å²) in [5.74, 6) is 0.686. The molecule has 10 heteroatoms. The maximum absolute atomic E-state index is 13.3. The Kier molecular flexibility index (Phi) is 7.08. The third kappa shape index (κ3) is 5.22. The molecule has 1 aliphatic heterocycles. The second-order valence-corrected chi connectivity index (χ2v) is 10.4. The van der Waals surface area contributed by atoms with Gasteiger partial charge in [-0.15, -0.1) is 0 Å². The van der Waals surface area contributed by atoms with E-state index in [1.165, 1.54) is 0 Å². The Balaban J connectivity index is 1.15. The SMILES string of the molecule is COCn1cc2cc(CC(OC(=O)N3CCC(c4cc5ccccc5[nH]c4=O)CC3)c3ncc[nH]3)cc(C)c2n1. The summed E-state index contributed by atoms with van der Waals surface area (Å²) in [6.45, 7) is 3.44. The van der Waals surface area contributed by atoms with E-state index in [-0.39, 0.29) is 17.6 Å². The Labute approximate surface area is 230 Å². The van der Waals surface area contributed by atoms with Crippen molar-refractivity contribution in [3.05, 3.63) is 93.9 Å². The highest BCUT2D eigenvalue weighted by atomic mass is 16.6. The summed E-state index contributed by atoms with van der Waals surface area (Å²) in [5.41, 5.74) is 4.53. The lowest BCUT2D eigenvalue weighted by atomic mass is 9.89. The molecule has 1 aliphatic rings. The van der Waals surface area contributed by atoms with Crippen molar-refractivity contribution in [2.75, 3.05) is 20.2 Å². The van der Waals surface area contributed by atoms with E-state index in [0.717, 1.165) is 38.5 Å². The third-order valence-corrected chi connectivity index (χ3v) is 7.63. The Morgan fingerprint density at radius 1 is 1.15 bits per heavy atom. The molecule has 1 fully saturated rings. The molecular weight excluding hydrogens is 508 g/mol. The molecule has 0 saturated carbocycles. The van der Waals surface area contributed by atoms with E-state index in [1.807, 2.05) is 43.5 Å². The minimum Gasteiger partial charge on any atom is -0.438 e. The van der Waals surface area contributed by atoms with Gasteiger partial charge in [0.05, 0.1) is 5.52 Å². The number of imidazole rings is 1. The van der Waals surface area contributed by atoms with Crippen molar-refractivity contribution in [3.8, 4) is 0 Å². The predicted molar refractivity (Wildman–Crippen MR) is 151 cm³/mol. The largest absolute Gasteiger partial charge is 0.438 e. The zero-order valence-electron chi connectivity index (χ0n) is 22.6. The molecule has 1 saturated heterocycles. The molecule has 5 aromatic rings. The van der Waals surface area contributed by atoms with Crippen LogP contribution < -0.4 is 5.56 Å². The molecule has 40 heavy (non-hydrogen) atoms. The van der Waals surface area contributed by atoms with Crippen molar-refractivity contribution in [2.24, 2.45) is 0 Å². The quantitative estimate of drug-likeness (QED) is 0.306. The lowest BCUT2D eigenvalue weighted by Gasteiger charge is -2.32. The summed E-state index contributed by atoms with van der Waals surface area (Å²) in [5, 5.41) is 6.61. The number of carbonyl (C=O) groups excluding carboxylic acids is 1. The normalized spacial score (nSPS) is 15.1. The van der Waals surface area contributed by atoms with Gasteiger partial charge in [-0.05, 0) is 60.4 Å². The molecule has 1 unspecified atom stereocenters. The number of rotatable bonds is 7. The molecule has 206 valence electrons. The number of nitrogens with zero attached hydrogens (tertiary/aromatic N) is 4. The van der Waals surface area contributed by atoms with Crippen LogP contribution in [0.4, 0.5) is 4.79 Å². The summed E-state index contributed by atoms with van der Waals surface area (Å²) in [6.07, 6.45) is 6.25. The first-order valence-electron chi connectivity index (χ1n) is 13.5. The first-order valence-corrected chi connectivity index (χ1v) is 13.5. The fraction of sp³-hybridized carbons (Fsp3) is 0.333. The lowest BCUT2D eigenvalue weighted by Crippen LogP contribution is -2.39. The number of ether oxygens (including phenoxy) is 2. The number of hydrogen-bond acceptors (Lipinski definition) is 6. The predicted octanol–water partition coefficient (Wildman–Crippen LogP) is 4.81. The van der Waals surface area contributed by atoms with Crippen LogP contribution in [0.25, 0.3) is 21.8 Å². The van der Waals surface area contributed by atoms with Crippen LogP contribution in [0.3, 0.4) is 0 Å². The number of para-hydroxylation sites is 1. The minimum atomic E-state index is -0.575. The maximum atomic E-state index is 13.3. The summed E-state index contributed by atoms with van der Waals surface area (Å²) < 4.78 is 13.0. The van der Waals surface area contributed by atoms with Gasteiger partial charge in [0.2, 0.25) is 0 Å². The number of H-pyrrole nitrogens is 2. The number of carbonyl (C=O) groups is 1. The maximum Gasteiger partial charge on any atom is 0.410 e. The molecule has 0 spiro atoms. The van der Waals surface area contributed by atoms with Gasteiger partial charge in [0.25, 0.3) is 5.56 Å². The van der Waals surface area contributed by atoms with Gasteiger partial charge in [0.1, 0.15) is 12.6 Å². The number of fused-ring (bicyclic) bond motifs is 2. The summed E-state index contributed by atoms with van der Waals surface area (Å²) >= 11 is 0. The number of pyridine rings is 1. The fourth-order valence-electron chi connectivity index (χ4n) is 5.65. The average Bonchev–Trinajstić information content (AvgIpc) is 3.63. The molecule has 1 atom stereocenters. The van der Waals surface area contributed by atoms with Crippen LogP contribution in [-0.2, 0) is 22.6 Å². The van der Waals surface area contributed by atoms with Crippen molar-refractivity contribution in [2.45, 2.75) is 44.9 Å². The van der Waals surface area contributed by atoms with Crippen molar-refractivity contribution >= 4 is 27.9 Å². The number of aryl methyl sites for hydroxylation is 1. The molecule has 10 nitrogen and oxygen atoms in total. The first kappa shape index (κ1) is 25.8. The molecule has 2 N–H and O–H groups in total. The number of nitrogens with one attached hydrogen (secondary N) is 2. The number of aromatic nitrogens is 5. The van der Waals surface area contributed by atoms with E-state index in [4.69, 9.17) is 9.47 Å². The molecule has 0 bridgehead atoms. The number of benzene rings is 2. The van der Waals surface area contributed by atoms with E-state index >= 15 is 0 Å². The van der Waals surface area contributed by atoms with Gasteiger partial charge < -0.3 is 24.3 Å². The van der Waals surface area contributed by atoms with Crippen molar-refractivity contribution in [1.82, 2.24) is 29.6 Å². The zero-order valence-corrected chi connectivity index (χ0v) is 22.6. The van der Waals surface area contributed by atoms with Crippen LogP contribution in [0, 0.1) is 6.92 Å². The summed E-state index contributed by atoms with van der Waals surface area (Å²) in [4.78, 5) is 38.3. The van der Waals surface area contributed by atoms with E-state index in [2.05, 4.69) is 32.2 Å². The van der Waals surface area contributed by atoms with Crippen LogP contribution >= 0.6 is 0 Å². The number of aromatic amines is 2. The van der Waals surface area contributed by atoms with Gasteiger partial charge >= 0.3 is 6.09 Å². The highest BCUT2D eigenvalue weighted by molar-refractivity contribution is 5.82. The number of likely N-dealkylation sites (tertiary alicyclic amines) is 1. The van der Waals surface area contributed by atoms with Crippen molar-refractivity contribution in [3.63, 3.8) is 0 Å². The van der Waals surface area contributed by atoms with Crippen LogP contribution in [0.15, 0.2) is 65.8 Å². The Hall–Kier alpha value is -4.44. The fourth-order valence-corrected chi connectivity index (χ4v) is 5.65. The van der Waals surface area contributed by atoms with Gasteiger partial charge in [-0.2, -0.15) is 5.10 Å². The van der Waals surface area contributed by atoms with Crippen LogP contribution in [-0.4, -0.2) is 55.9 Å². The number of hydrogen-bond donors (Lipinski definition) is 2. The van der Waals surface area contributed by atoms with Crippen LogP contribution in [0.1, 0.15) is 47.4 Å². The molecule has 3 aromatic heterocycles.